The van der Waals surface area contributed by atoms with Crippen molar-refractivity contribution in [3.05, 3.63) is 48.3 Å². The molecule has 0 aliphatic carbocycles. The Balaban J connectivity index is 1.34. The molecule has 0 spiro atoms. The number of rotatable bonds is 8. The Kier molecular flexibility index (Phi) is 7.43. The summed E-state index contributed by atoms with van der Waals surface area (Å²) in [4.78, 5) is 16.8. The third-order valence-corrected chi connectivity index (χ3v) is 5.60. The number of hydrogen-bond acceptors (Lipinski definition) is 8. The van der Waals surface area contributed by atoms with E-state index < -0.39 is 0 Å². The third kappa shape index (κ3) is 5.20. The maximum absolute atomic E-state index is 12.8. The summed E-state index contributed by atoms with van der Waals surface area (Å²) in [6, 6.07) is 12.9. The van der Waals surface area contributed by atoms with Gasteiger partial charge in [-0.05, 0) is 53.7 Å². The maximum Gasteiger partial charge on any atom is 0.322 e. The minimum absolute atomic E-state index is 0.176. The predicted molar refractivity (Wildman–Crippen MR) is 126 cm³/mol. The Morgan fingerprint density at radius 1 is 1.03 bits per heavy atom. The molecule has 2 heterocycles. The summed E-state index contributed by atoms with van der Waals surface area (Å²) in [5, 5.41) is 15.1. The van der Waals surface area contributed by atoms with Crippen molar-refractivity contribution in [2.24, 2.45) is 0 Å². The van der Waals surface area contributed by atoms with Crippen LogP contribution in [0.3, 0.4) is 0 Å². The van der Waals surface area contributed by atoms with Gasteiger partial charge in [-0.25, -0.2) is 4.79 Å². The average molecular weight is 468 g/mol. The number of piperazine rings is 1. The van der Waals surface area contributed by atoms with E-state index >= 15 is 0 Å². The zero-order valence-corrected chi connectivity index (χ0v) is 19.6. The lowest BCUT2D eigenvalue weighted by atomic mass is 10.2. The molecule has 180 valence electrons. The molecule has 1 fully saturated rings. The van der Waals surface area contributed by atoms with Crippen LogP contribution in [0.25, 0.3) is 5.69 Å². The number of amides is 2. The molecule has 0 unspecified atom stereocenters. The van der Waals surface area contributed by atoms with Gasteiger partial charge in [-0.2, -0.15) is 4.68 Å². The lowest BCUT2D eigenvalue weighted by molar-refractivity contribution is 0.140. The quantitative estimate of drug-likeness (QED) is 0.538. The first-order chi connectivity index (χ1) is 16.6. The van der Waals surface area contributed by atoms with E-state index in [2.05, 4.69) is 25.7 Å². The van der Waals surface area contributed by atoms with Gasteiger partial charge in [0.15, 0.2) is 17.3 Å². The van der Waals surface area contributed by atoms with Gasteiger partial charge < -0.3 is 24.4 Å². The van der Waals surface area contributed by atoms with E-state index in [9.17, 15) is 4.79 Å². The minimum Gasteiger partial charge on any atom is -0.494 e. The van der Waals surface area contributed by atoms with Gasteiger partial charge in [0.2, 0.25) is 0 Å². The normalized spacial score (nSPS) is 14.0. The number of carbonyl (C=O) groups excluding carboxylic acids is 1. The average Bonchev–Trinajstić information content (AvgIpc) is 3.33. The molecule has 0 bridgehead atoms. The number of hydrogen-bond donors (Lipinski definition) is 1. The van der Waals surface area contributed by atoms with Crippen molar-refractivity contribution in [3.63, 3.8) is 0 Å². The molecule has 0 radical (unpaired) electrons. The van der Waals surface area contributed by atoms with E-state index in [1.54, 1.807) is 35.9 Å². The van der Waals surface area contributed by atoms with E-state index in [1.807, 2.05) is 37.3 Å². The smallest absolute Gasteiger partial charge is 0.322 e. The van der Waals surface area contributed by atoms with Crippen LogP contribution < -0.4 is 19.5 Å². The van der Waals surface area contributed by atoms with Crippen LogP contribution in [0.4, 0.5) is 10.5 Å². The fourth-order valence-electron chi connectivity index (χ4n) is 3.84. The number of benzene rings is 2. The van der Waals surface area contributed by atoms with Crippen LogP contribution >= 0.6 is 0 Å². The standard InChI is InChI=1S/C23H29N7O4/c1-4-34-18-10-8-17(9-11-18)30-21(25-26-27-30)16-28-12-14-29(15-13-28)23(31)24-19-6-5-7-20(32-2)22(19)33-3/h5-11H,4,12-16H2,1-3H3,(H,24,31). The highest BCUT2D eigenvalue weighted by Gasteiger charge is 2.24. The molecule has 2 aromatic carbocycles. The first-order valence-corrected chi connectivity index (χ1v) is 11.1. The summed E-state index contributed by atoms with van der Waals surface area (Å²) < 4.78 is 17.9. The van der Waals surface area contributed by atoms with Gasteiger partial charge in [0.1, 0.15) is 5.75 Å². The van der Waals surface area contributed by atoms with E-state index in [0.29, 0.717) is 56.5 Å². The Labute approximate surface area is 198 Å². The number of tetrazole rings is 1. The second-order valence-corrected chi connectivity index (χ2v) is 7.67. The van der Waals surface area contributed by atoms with Crippen molar-refractivity contribution in [3.8, 4) is 22.9 Å². The molecule has 1 aliphatic rings. The molecule has 4 rings (SSSR count). The zero-order valence-electron chi connectivity index (χ0n) is 19.6. The largest absolute Gasteiger partial charge is 0.494 e. The molecule has 11 heteroatoms. The Hall–Kier alpha value is -3.86. The van der Waals surface area contributed by atoms with Crippen LogP contribution in [0.15, 0.2) is 42.5 Å². The lowest BCUT2D eigenvalue weighted by Crippen LogP contribution is -2.49. The highest BCUT2D eigenvalue weighted by Crippen LogP contribution is 2.34. The summed E-state index contributed by atoms with van der Waals surface area (Å²) in [6.07, 6.45) is 0. The predicted octanol–water partition coefficient (Wildman–Crippen LogP) is 2.43. The summed E-state index contributed by atoms with van der Waals surface area (Å²) in [6.45, 7) is 5.74. The number of nitrogens with zero attached hydrogens (tertiary/aromatic N) is 6. The number of urea groups is 1. The van der Waals surface area contributed by atoms with Crippen LogP contribution in [-0.4, -0.2) is 83.0 Å². The van der Waals surface area contributed by atoms with Crippen molar-refractivity contribution >= 4 is 11.7 Å². The van der Waals surface area contributed by atoms with Crippen molar-refractivity contribution in [1.29, 1.82) is 0 Å². The molecule has 34 heavy (non-hydrogen) atoms. The van der Waals surface area contributed by atoms with Gasteiger partial charge in [-0.1, -0.05) is 6.07 Å². The van der Waals surface area contributed by atoms with Crippen molar-refractivity contribution < 1.29 is 19.0 Å². The molecule has 0 saturated carbocycles. The second-order valence-electron chi connectivity index (χ2n) is 7.67. The molecule has 1 aliphatic heterocycles. The zero-order chi connectivity index (χ0) is 23.9. The van der Waals surface area contributed by atoms with Crippen LogP contribution in [0.2, 0.25) is 0 Å². The van der Waals surface area contributed by atoms with Crippen LogP contribution in [0.1, 0.15) is 12.7 Å². The molecule has 1 N–H and O–H groups in total. The van der Waals surface area contributed by atoms with E-state index in [-0.39, 0.29) is 6.03 Å². The van der Waals surface area contributed by atoms with Crippen molar-refractivity contribution in [2.75, 3.05) is 52.3 Å². The van der Waals surface area contributed by atoms with Gasteiger partial charge in [-0.3, -0.25) is 4.90 Å². The van der Waals surface area contributed by atoms with E-state index in [0.717, 1.165) is 17.3 Å². The number of nitrogens with one attached hydrogen (secondary N) is 1. The van der Waals surface area contributed by atoms with Crippen molar-refractivity contribution in [1.82, 2.24) is 30.0 Å². The van der Waals surface area contributed by atoms with Crippen LogP contribution in [-0.2, 0) is 6.54 Å². The fourth-order valence-corrected chi connectivity index (χ4v) is 3.84. The molecule has 0 atom stereocenters. The molecule has 11 nitrogen and oxygen atoms in total. The summed E-state index contributed by atoms with van der Waals surface area (Å²) in [5.41, 5.74) is 1.44. The number of methoxy groups -OCH3 is 2. The van der Waals surface area contributed by atoms with Gasteiger partial charge in [0, 0.05) is 26.2 Å². The van der Waals surface area contributed by atoms with Gasteiger partial charge in [0.05, 0.1) is 38.7 Å². The Morgan fingerprint density at radius 3 is 2.47 bits per heavy atom. The second kappa shape index (κ2) is 10.8. The highest BCUT2D eigenvalue weighted by atomic mass is 16.5. The lowest BCUT2D eigenvalue weighted by Gasteiger charge is -2.34. The first kappa shape index (κ1) is 23.3. The highest BCUT2D eigenvalue weighted by molar-refractivity contribution is 5.91. The fraction of sp³-hybridized carbons (Fsp3) is 0.391. The molecule has 2 amide bonds. The molecular weight excluding hydrogens is 438 g/mol. The maximum atomic E-state index is 12.8. The Bertz CT molecular complexity index is 1090. The summed E-state index contributed by atoms with van der Waals surface area (Å²) >= 11 is 0. The number of aromatic nitrogens is 4. The van der Waals surface area contributed by atoms with Gasteiger partial charge in [0.25, 0.3) is 0 Å². The number of anilines is 1. The van der Waals surface area contributed by atoms with Gasteiger partial charge in [-0.15, -0.1) is 5.10 Å². The third-order valence-electron chi connectivity index (χ3n) is 5.60. The topological polar surface area (TPSA) is 107 Å². The molecular formula is C23H29N7O4. The molecule has 1 aromatic heterocycles. The van der Waals surface area contributed by atoms with Crippen LogP contribution in [0.5, 0.6) is 17.2 Å². The van der Waals surface area contributed by atoms with Crippen LogP contribution in [0, 0.1) is 0 Å². The summed E-state index contributed by atoms with van der Waals surface area (Å²) in [7, 11) is 3.11. The number of ether oxygens (including phenoxy) is 3. The van der Waals surface area contributed by atoms with Gasteiger partial charge >= 0.3 is 6.03 Å². The Morgan fingerprint density at radius 2 is 1.79 bits per heavy atom. The monoisotopic (exact) mass is 467 g/mol. The minimum atomic E-state index is -0.176. The van der Waals surface area contributed by atoms with E-state index in [4.69, 9.17) is 14.2 Å². The first-order valence-electron chi connectivity index (χ1n) is 11.1. The van der Waals surface area contributed by atoms with Crippen molar-refractivity contribution in [2.45, 2.75) is 13.5 Å². The molecule has 3 aromatic rings. The van der Waals surface area contributed by atoms with E-state index in [1.165, 1.54) is 0 Å². The SMILES string of the molecule is CCOc1ccc(-n2nnnc2CN2CCN(C(=O)Nc3cccc(OC)c3OC)CC2)cc1. The number of para-hydroxylation sites is 1. The molecule has 1 saturated heterocycles. The summed E-state index contributed by atoms with van der Waals surface area (Å²) in [5.74, 6) is 2.61. The number of carbonyl (C=O) groups is 1.